The maximum atomic E-state index is 12.9. The second kappa shape index (κ2) is 6.41. The number of hydrogen-bond acceptors (Lipinski definition) is 1. The van der Waals surface area contributed by atoms with Gasteiger partial charge < -0.3 is 0 Å². The minimum absolute atomic E-state index is 0.120. The molecule has 5 fully saturated rings. The Morgan fingerprint density at radius 3 is 2.03 bits per heavy atom. The molecule has 0 bridgehead atoms. The summed E-state index contributed by atoms with van der Waals surface area (Å²) in [4.78, 5) is 12.9. The minimum Gasteiger partial charge on any atom is -0.299 e. The summed E-state index contributed by atoms with van der Waals surface area (Å²) in [7, 11) is 0. The molecule has 0 aromatic rings. The van der Waals surface area contributed by atoms with Gasteiger partial charge in [0.25, 0.3) is 0 Å². The predicted octanol–water partition coefficient (Wildman–Crippen LogP) is 8.46. The van der Waals surface area contributed by atoms with Crippen molar-refractivity contribution in [3.8, 4) is 0 Å². The van der Waals surface area contributed by atoms with Crippen LogP contribution in [0.3, 0.4) is 0 Å². The Bertz CT molecular complexity index is 777. The van der Waals surface area contributed by atoms with E-state index >= 15 is 0 Å². The zero-order chi connectivity index (χ0) is 22.7. The van der Waals surface area contributed by atoms with Crippen LogP contribution in [0.15, 0.2) is 0 Å². The molecule has 0 aromatic carbocycles. The maximum absolute atomic E-state index is 12.9. The average molecular weight is 427 g/mol. The SMILES string of the molecule is CC1(C)CC[C@]2(C)CC[C@]3(C)[C@@H](CC[C@@H]4[C@@]5(C)CCC(=O)C(C)(C)[C@@H]5CC[C@]43C)[C@@H]2C1. The van der Waals surface area contributed by atoms with Crippen molar-refractivity contribution >= 4 is 5.78 Å². The van der Waals surface area contributed by atoms with Crippen LogP contribution in [0.4, 0.5) is 0 Å². The van der Waals surface area contributed by atoms with Crippen molar-refractivity contribution in [3.05, 3.63) is 0 Å². The van der Waals surface area contributed by atoms with E-state index < -0.39 is 0 Å². The van der Waals surface area contributed by atoms with Crippen molar-refractivity contribution in [1.82, 2.24) is 0 Å². The Hall–Kier alpha value is -0.330. The number of hydrogen-bond donors (Lipinski definition) is 0. The Morgan fingerprint density at radius 2 is 1.32 bits per heavy atom. The fraction of sp³-hybridized carbons (Fsp3) is 0.967. The van der Waals surface area contributed by atoms with Gasteiger partial charge in [-0.1, -0.05) is 55.4 Å². The predicted molar refractivity (Wildman–Crippen MR) is 130 cm³/mol. The molecule has 0 spiro atoms. The molecule has 0 N–H and O–H groups in total. The summed E-state index contributed by atoms with van der Waals surface area (Å²) in [6.07, 6.45) is 14.7. The van der Waals surface area contributed by atoms with Crippen molar-refractivity contribution in [2.45, 2.75) is 126 Å². The Morgan fingerprint density at radius 1 is 0.645 bits per heavy atom. The molecule has 0 heterocycles. The van der Waals surface area contributed by atoms with E-state index in [1.54, 1.807) is 0 Å². The second-order valence-electron chi connectivity index (χ2n) is 15.4. The number of rotatable bonds is 0. The molecule has 31 heavy (non-hydrogen) atoms. The van der Waals surface area contributed by atoms with Crippen molar-refractivity contribution in [3.63, 3.8) is 0 Å². The highest BCUT2D eigenvalue weighted by molar-refractivity contribution is 5.85. The summed E-state index contributed by atoms with van der Waals surface area (Å²) in [6.45, 7) is 20.4. The lowest BCUT2D eigenvalue weighted by atomic mass is 9.31. The molecular weight excluding hydrogens is 376 g/mol. The van der Waals surface area contributed by atoms with Crippen LogP contribution in [-0.4, -0.2) is 5.78 Å². The van der Waals surface area contributed by atoms with Crippen molar-refractivity contribution < 1.29 is 4.79 Å². The summed E-state index contributed by atoms with van der Waals surface area (Å²) in [5, 5.41) is 0. The molecule has 5 aliphatic carbocycles. The lowest BCUT2D eigenvalue weighted by Gasteiger charge is -2.73. The second-order valence-corrected chi connectivity index (χ2v) is 15.4. The molecule has 5 saturated carbocycles. The minimum atomic E-state index is -0.120. The summed E-state index contributed by atoms with van der Waals surface area (Å²) in [6, 6.07) is 0. The van der Waals surface area contributed by atoms with E-state index in [4.69, 9.17) is 0 Å². The van der Waals surface area contributed by atoms with Gasteiger partial charge in [-0.05, 0) is 115 Å². The van der Waals surface area contributed by atoms with Crippen LogP contribution in [0.5, 0.6) is 0 Å². The number of carbonyl (C=O) groups is 1. The summed E-state index contributed by atoms with van der Waals surface area (Å²) >= 11 is 0. The Balaban J connectivity index is 1.53. The topological polar surface area (TPSA) is 17.1 Å². The lowest BCUT2D eigenvalue weighted by Crippen LogP contribution is -2.66. The average Bonchev–Trinajstić information content (AvgIpc) is 2.67. The summed E-state index contributed by atoms with van der Waals surface area (Å²) < 4.78 is 0. The van der Waals surface area contributed by atoms with Gasteiger partial charge in [-0.25, -0.2) is 0 Å². The van der Waals surface area contributed by atoms with Crippen LogP contribution < -0.4 is 0 Å². The van der Waals surface area contributed by atoms with Crippen LogP contribution in [-0.2, 0) is 4.79 Å². The monoisotopic (exact) mass is 426 g/mol. The lowest BCUT2D eigenvalue weighted by molar-refractivity contribution is -0.240. The molecule has 1 heteroatoms. The first-order valence-corrected chi connectivity index (χ1v) is 13.7. The quantitative estimate of drug-likeness (QED) is 0.379. The van der Waals surface area contributed by atoms with E-state index in [-0.39, 0.29) is 5.41 Å². The zero-order valence-electron chi connectivity index (χ0n) is 22.0. The molecule has 0 amide bonds. The summed E-state index contributed by atoms with van der Waals surface area (Å²) in [5.41, 5.74) is 2.27. The van der Waals surface area contributed by atoms with Gasteiger partial charge in [0.2, 0.25) is 0 Å². The maximum Gasteiger partial charge on any atom is 0.138 e. The van der Waals surface area contributed by atoms with E-state index in [1.807, 2.05) is 0 Å². The highest BCUT2D eigenvalue weighted by atomic mass is 16.1. The van der Waals surface area contributed by atoms with E-state index in [9.17, 15) is 4.79 Å². The third kappa shape index (κ3) is 2.76. The van der Waals surface area contributed by atoms with Crippen molar-refractivity contribution in [1.29, 1.82) is 0 Å². The van der Waals surface area contributed by atoms with Gasteiger partial charge in [0.1, 0.15) is 5.78 Å². The van der Waals surface area contributed by atoms with Crippen molar-refractivity contribution in [2.24, 2.45) is 56.2 Å². The summed E-state index contributed by atoms with van der Waals surface area (Å²) in [5.74, 6) is 3.75. The molecule has 176 valence electrons. The largest absolute Gasteiger partial charge is 0.299 e. The van der Waals surface area contributed by atoms with Gasteiger partial charge in [-0.15, -0.1) is 0 Å². The van der Waals surface area contributed by atoms with Crippen LogP contribution in [0.2, 0.25) is 0 Å². The smallest absolute Gasteiger partial charge is 0.138 e. The van der Waals surface area contributed by atoms with E-state index in [1.165, 1.54) is 57.8 Å². The number of ketones is 1. The van der Waals surface area contributed by atoms with Crippen LogP contribution in [0.1, 0.15) is 126 Å². The van der Waals surface area contributed by atoms with Crippen LogP contribution in [0.25, 0.3) is 0 Å². The Kier molecular flexibility index (Phi) is 4.65. The first-order valence-electron chi connectivity index (χ1n) is 13.7. The highest BCUT2D eigenvalue weighted by Gasteiger charge is 2.69. The molecule has 1 nitrogen and oxygen atoms in total. The third-order valence-electron chi connectivity index (χ3n) is 13.4. The number of fused-ring (bicyclic) bond motifs is 7. The molecule has 0 unspecified atom stereocenters. The molecule has 8 atom stereocenters. The zero-order valence-corrected chi connectivity index (χ0v) is 22.0. The molecule has 0 aliphatic heterocycles. The molecule has 0 radical (unpaired) electrons. The van der Waals surface area contributed by atoms with Gasteiger partial charge >= 0.3 is 0 Å². The van der Waals surface area contributed by atoms with E-state index in [2.05, 4.69) is 55.4 Å². The Labute approximate surface area is 192 Å². The first kappa shape index (κ1) is 22.5. The molecule has 5 aliphatic rings. The fourth-order valence-electron chi connectivity index (χ4n) is 11.1. The molecule has 5 rings (SSSR count). The van der Waals surface area contributed by atoms with Gasteiger partial charge in [0, 0.05) is 11.8 Å². The van der Waals surface area contributed by atoms with Crippen LogP contribution >= 0.6 is 0 Å². The fourth-order valence-corrected chi connectivity index (χ4v) is 11.1. The van der Waals surface area contributed by atoms with E-state index in [0.717, 1.165) is 30.6 Å². The number of Topliss-reactive ketones (excluding diaryl/α,β-unsaturated/α-hetero) is 1. The van der Waals surface area contributed by atoms with Crippen LogP contribution in [0, 0.1) is 56.2 Å². The standard InChI is InChI=1S/C30H50O/c1-25(2)15-16-27(5)17-18-29(7)20(21(27)19-25)9-10-23-28(6)13-12-24(31)26(3,4)22(28)11-14-30(23,29)8/h20-23H,9-19H2,1-8H3/t20-,21-,22-,23+,27+,28-,29+,30+/m0/s1. The normalized spacial score (nSPS) is 55.4. The van der Waals surface area contributed by atoms with Gasteiger partial charge in [-0.2, -0.15) is 0 Å². The first-order chi connectivity index (χ1) is 14.2. The molecule has 0 aromatic heterocycles. The van der Waals surface area contributed by atoms with Gasteiger partial charge in [-0.3, -0.25) is 4.79 Å². The van der Waals surface area contributed by atoms with Gasteiger partial charge in [0.15, 0.2) is 0 Å². The highest BCUT2D eigenvalue weighted by Crippen LogP contribution is 2.76. The van der Waals surface area contributed by atoms with Gasteiger partial charge in [0.05, 0.1) is 0 Å². The van der Waals surface area contributed by atoms with Crippen molar-refractivity contribution in [2.75, 3.05) is 0 Å². The molecular formula is C30H50O. The number of carbonyl (C=O) groups excluding carboxylic acids is 1. The van der Waals surface area contributed by atoms with E-state index in [0.29, 0.717) is 38.8 Å². The third-order valence-corrected chi connectivity index (χ3v) is 13.4. The molecule has 0 saturated heterocycles.